The number of carboxylic acids is 1. The van der Waals surface area contributed by atoms with Gasteiger partial charge in [0.05, 0.1) is 5.56 Å². The number of rotatable bonds is 7. The highest BCUT2D eigenvalue weighted by molar-refractivity contribution is 5.96. The molecule has 0 aliphatic rings. The highest BCUT2D eigenvalue weighted by atomic mass is 16.6. The zero-order chi connectivity index (χ0) is 14.8. The predicted molar refractivity (Wildman–Crippen MR) is 71.4 cm³/mol. The summed E-state index contributed by atoms with van der Waals surface area (Å²) in [4.78, 5) is 33.1. The molecule has 108 valence electrons. The van der Waals surface area contributed by atoms with Gasteiger partial charge in [-0.25, -0.2) is 9.59 Å². The summed E-state index contributed by atoms with van der Waals surface area (Å²) in [7, 11) is 0. The van der Waals surface area contributed by atoms with Gasteiger partial charge in [-0.2, -0.15) is 0 Å². The van der Waals surface area contributed by atoms with Gasteiger partial charge in [0.15, 0.2) is 0 Å². The molecule has 1 aromatic carbocycles. The van der Waals surface area contributed by atoms with Gasteiger partial charge in [-0.1, -0.05) is 24.6 Å². The van der Waals surface area contributed by atoms with Crippen molar-refractivity contribution in [1.82, 2.24) is 5.32 Å². The number of nitrogens with one attached hydrogen (secondary N) is 1. The van der Waals surface area contributed by atoms with Crippen molar-refractivity contribution in [2.75, 3.05) is 6.54 Å². The smallest absolute Gasteiger partial charge is 0.415 e. The van der Waals surface area contributed by atoms with E-state index in [2.05, 4.69) is 10.1 Å². The topological polar surface area (TPSA) is 92.7 Å². The fraction of sp³-hybridized carbons (Fsp3) is 0.357. The Balaban J connectivity index is 2.14. The maximum absolute atomic E-state index is 11.5. The monoisotopic (exact) mass is 279 g/mol. The highest BCUT2D eigenvalue weighted by Gasteiger charge is 2.11. The lowest BCUT2D eigenvalue weighted by Crippen LogP contribution is -2.27. The van der Waals surface area contributed by atoms with E-state index in [1.165, 1.54) is 0 Å². The van der Waals surface area contributed by atoms with Crippen molar-refractivity contribution in [2.45, 2.75) is 25.7 Å². The summed E-state index contributed by atoms with van der Waals surface area (Å²) in [6, 6.07) is 8.23. The number of unbranched alkanes of at least 4 members (excludes halogenated alkanes) is 2. The van der Waals surface area contributed by atoms with E-state index in [9.17, 15) is 14.4 Å². The lowest BCUT2D eigenvalue weighted by molar-refractivity contribution is -0.137. The molecule has 1 rings (SSSR count). The van der Waals surface area contributed by atoms with Crippen LogP contribution in [0.1, 0.15) is 36.0 Å². The molecule has 0 spiro atoms. The van der Waals surface area contributed by atoms with Gasteiger partial charge in [-0.15, -0.1) is 0 Å². The number of amides is 1. The molecule has 1 amide bonds. The Bertz CT molecular complexity index is 458. The Morgan fingerprint density at radius 3 is 2.40 bits per heavy atom. The number of carbonyl (C=O) groups excluding carboxylic acids is 2. The Kier molecular flexibility index (Phi) is 6.81. The number of aliphatic carboxylic acids is 1. The van der Waals surface area contributed by atoms with Crippen molar-refractivity contribution in [2.24, 2.45) is 0 Å². The third-order valence-corrected chi connectivity index (χ3v) is 2.53. The number of alkyl carbamates (subject to hydrolysis) is 1. The van der Waals surface area contributed by atoms with Crippen molar-refractivity contribution in [3.8, 4) is 0 Å². The van der Waals surface area contributed by atoms with E-state index in [0.717, 1.165) is 0 Å². The second-order valence-corrected chi connectivity index (χ2v) is 4.17. The fourth-order valence-electron chi connectivity index (χ4n) is 1.52. The number of hydrogen-bond donors (Lipinski definition) is 2. The van der Waals surface area contributed by atoms with E-state index in [1.807, 2.05) is 0 Å². The third-order valence-electron chi connectivity index (χ3n) is 2.53. The van der Waals surface area contributed by atoms with Crippen LogP contribution in [0.15, 0.2) is 30.3 Å². The lowest BCUT2D eigenvalue weighted by Gasteiger charge is -2.05. The molecule has 2 N–H and O–H groups in total. The molecule has 0 saturated carbocycles. The largest absolute Gasteiger partial charge is 0.481 e. The molecule has 6 nitrogen and oxygen atoms in total. The maximum Gasteiger partial charge on any atom is 0.415 e. The molecule has 6 heteroatoms. The van der Waals surface area contributed by atoms with Crippen LogP contribution in [-0.4, -0.2) is 29.7 Å². The molecule has 0 heterocycles. The number of esters is 1. The molecule has 0 bridgehead atoms. The van der Waals surface area contributed by atoms with E-state index in [4.69, 9.17) is 5.11 Å². The SMILES string of the molecule is O=C(O)CCCCCNC(=O)OC(=O)c1ccccc1. The van der Waals surface area contributed by atoms with Gasteiger partial charge in [0.2, 0.25) is 0 Å². The van der Waals surface area contributed by atoms with Gasteiger partial charge in [0, 0.05) is 13.0 Å². The fourth-order valence-corrected chi connectivity index (χ4v) is 1.52. The molecule has 0 aliphatic heterocycles. The first-order valence-electron chi connectivity index (χ1n) is 6.36. The van der Waals surface area contributed by atoms with E-state index < -0.39 is 18.0 Å². The minimum Gasteiger partial charge on any atom is -0.481 e. The molecular formula is C14H17NO5. The van der Waals surface area contributed by atoms with Crippen LogP contribution in [0.4, 0.5) is 4.79 Å². The van der Waals surface area contributed by atoms with Crippen molar-refractivity contribution in [1.29, 1.82) is 0 Å². The molecular weight excluding hydrogens is 262 g/mol. The zero-order valence-corrected chi connectivity index (χ0v) is 11.0. The zero-order valence-electron chi connectivity index (χ0n) is 11.0. The van der Waals surface area contributed by atoms with Crippen molar-refractivity contribution in [3.05, 3.63) is 35.9 Å². The number of benzene rings is 1. The molecule has 20 heavy (non-hydrogen) atoms. The summed E-state index contributed by atoms with van der Waals surface area (Å²) in [5.41, 5.74) is 0.309. The van der Waals surface area contributed by atoms with Gasteiger partial charge < -0.3 is 15.2 Å². The summed E-state index contributed by atoms with van der Waals surface area (Å²) in [5, 5.41) is 10.9. The normalized spacial score (nSPS) is 9.80. The maximum atomic E-state index is 11.5. The van der Waals surface area contributed by atoms with Crippen LogP contribution in [0.3, 0.4) is 0 Å². The van der Waals surface area contributed by atoms with Gasteiger partial charge in [0.25, 0.3) is 0 Å². The van der Waals surface area contributed by atoms with Crippen LogP contribution in [0, 0.1) is 0 Å². The average Bonchev–Trinajstić information content (AvgIpc) is 2.43. The predicted octanol–water partition coefficient (Wildman–Crippen LogP) is 2.20. The van der Waals surface area contributed by atoms with Crippen LogP contribution < -0.4 is 5.32 Å². The van der Waals surface area contributed by atoms with Crippen molar-refractivity contribution >= 4 is 18.0 Å². The minimum absolute atomic E-state index is 0.122. The summed E-state index contributed by atoms with van der Waals surface area (Å²) < 4.78 is 4.60. The molecule has 0 radical (unpaired) electrons. The molecule has 0 unspecified atom stereocenters. The molecule has 0 aliphatic carbocycles. The molecule has 0 fully saturated rings. The minimum atomic E-state index is -0.828. The van der Waals surface area contributed by atoms with E-state index >= 15 is 0 Å². The molecule has 0 atom stereocenters. The van der Waals surface area contributed by atoms with Crippen LogP contribution in [0.25, 0.3) is 0 Å². The van der Waals surface area contributed by atoms with E-state index in [-0.39, 0.29) is 6.42 Å². The van der Waals surface area contributed by atoms with Gasteiger partial charge in [-0.05, 0) is 25.0 Å². The summed E-state index contributed by atoms with van der Waals surface area (Å²) in [5.74, 6) is -1.53. The van der Waals surface area contributed by atoms with Crippen LogP contribution in [-0.2, 0) is 9.53 Å². The summed E-state index contributed by atoms with van der Waals surface area (Å²) >= 11 is 0. The van der Waals surface area contributed by atoms with Gasteiger partial charge in [0.1, 0.15) is 0 Å². The number of hydrogen-bond acceptors (Lipinski definition) is 4. The third kappa shape index (κ3) is 6.53. The lowest BCUT2D eigenvalue weighted by atomic mass is 10.2. The molecule has 0 aromatic heterocycles. The average molecular weight is 279 g/mol. The van der Waals surface area contributed by atoms with Crippen molar-refractivity contribution < 1.29 is 24.2 Å². The van der Waals surface area contributed by atoms with E-state index in [1.54, 1.807) is 30.3 Å². The van der Waals surface area contributed by atoms with Crippen LogP contribution >= 0.6 is 0 Å². The number of ether oxygens (including phenoxy) is 1. The van der Waals surface area contributed by atoms with E-state index in [0.29, 0.717) is 31.4 Å². The first-order valence-corrected chi connectivity index (χ1v) is 6.36. The first kappa shape index (κ1) is 15.7. The Morgan fingerprint density at radius 2 is 1.75 bits per heavy atom. The van der Waals surface area contributed by atoms with Crippen LogP contribution in [0.5, 0.6) is 0 Å². The quantitative estimate of drug-likeness (QED) is 0.453. The molecule has 1 aromatic rings. The second-order valence-electron chi connectivity index (χ2n) is 4.17. The van der Waals surface area contributed by atoms with Crippen molar-refractivity contribution in [3.63, 3.8) is 0 Å². The number of carboxylic acid groups (broad SMARTS) is 1. The standard InChI is InChI=1S/C14H17NO5/c16-12(17)9-5-2-6-10-15-14(19)20-13(18)11-7-3-1-4-8-11/h1,3-4,7-8H,2,5-6,9-10H2,(H,15,19)(H,16,17). The highest BCUT2D eigenvalue weighted by Crippen LogP contribution is 2.02. The Labute approximate surface area is 116 Å². The number of carbonyl (C=O) groups is 3. The second kappa shape index (κ2) is 8.68. The van der Waals surface area contributed by atoms with Gasteiger partial charge >= 0.3 is 18.0 Å². The van der Waals surface area contributed by atoms with Gasteiger partial charge in [-0.3, -0.25) is 4.79 Å². The summed E-state index contributed by atoms with van der Waals surface area (Å²) in [6.45, 7) is 0.348. The Morgan fingerprint density at radius 1 is 1.05 bits per heavy atom. The van der Waals surface area contributed by atoms with Crippen LogP contribution in [0.2, 0.25) is 0 Å². The summed E-state index contributed by atoms with van der Waals surface area (Å²) in [6.07, 6.45) is 1.23. The first-order chi connectivity index (χ1) is 9.59. The molecule has 0 saturated heterocycles. The Hall–Kier alpha value is -2.37.